The minimum Gasteiger partial charge on any atom is -0.356 e. The lowest BCUT2D eigenvalue weighted by atomic mass is 9.69. The van der Waals surface area contributed by atoms with Crippen molar-refractivity contribution in [3.8, 4) is 0 Å². The SMILES string of the molecule is CCCNC(=O)[C@]1(Cc2ccccc2)C[C@@H]2CC[C@H]1N2Cc1cccnc1. The van der Waals surface area contributed by atoms with Gasteiger partial charge in [-0.25, -0.2) is 0 Å². The zero-order valence-electron chi connectivity index (χ0n) is 16.1. The average Bonchev–Trinajstić information content (AvgIpc) is 3.22. The lowest BCUT2D eigenvalue weighted by molar-refractivity contribution is -0.133. The van der Waals surface area contributed by atoms with E-state index in [4.69, 9.17) is 0 Å². The van der Waals surface area contributed by atoms with Crippen molar-refractivity contribution in [3.05, 3.63) is 66.0 Å². The number of pyridine rings is 1. The summed E-state index contributed by atoms with van der Waals surface area (Å²) in [5, 5.41) is 3.23. The molecule has 3 atom stereocenters. The molecule has 0 radical (unpaired) electrons. The maximum atomic E-state index is 13.4. The van der Waals surface area contributed by atoms with Gasteiger partial charge in [0.25, 0.3) is 0 Å². The number of nitrogens with one attached hydrogen (secondary N) is 1. The van der Waals surface area contributed by atoms with Gasteiger partial charge in [0.15, 0.2) is 0 Å². The van der Waals surface area contributed by atoms with Crippen LogP contribution in [0.3, 0.4) is 0 Å². The average molecular weight is 364 g/mol. The minimum atomic E-state index is -0.318. The molecule has 1 aromatic heterocycles. The second-order valence-corrected chi connectivity index (χ2v) is 8.06. The molecular weight excluding hydrogens is 334 g/mol. The van der Waals surface area contributed by atoms with E-state index < -0.39 is 0 Å². The predicted octanol–water partition coefficient (Wildman–Crippen LogP) is 3.57. The fourth-order valence-corrected chi connectivity index (χ4v) is 5.14. The van der Waals surface area contributed by atoms with Crippen LogP contribution in [0.5, 0.6) is 0 Å². The molecule has 2 fully saturated rings. The Kier molecular flexibility index (Phi) is 5.26. The van der Waals surface area contributed by atoms with E-state index in [1.807, 2.05) is 24.5 Å². The number of hydrogen-bond donors (Lipinski definition) is 1. The summed E-state index contributed by atoms with van der Waals surface area (Å²) in [5.41, 5.74) is 2.18. The van der Waals surface area contributed by atoms with Gasteiger partial charge in [-0.1, -0.05) is 43.3 Å². The summed E-state index contributed by atoms with van der Waals surface area (Å²) in [6, 6.07) is 15.5. The summed E-state index contributed by atoms with van der Waals surface area (Å²) in [6.07, 6.45) is 8.84. The quantitative estimate of drug-likeness (QED) is 0.818. The lowest BCUT2D eigenvalue weighted by Gasteiger charge is -2.36. The predicted molar refractivity (Wildman–Crippen MR) is 107 cm³/mol. The number of rotatable bonds is 7. The van der Waals surface area contributed by atoms with Crippen LogP contribution in [0.15, 0.2) is 54.9 Å². The molecule has 2 aliphatic heterocycles. The molecule has 2 aromatic rings. The summed E-state index contributed by atoms with van der Waals surface area (Å²) in [7, 11) is 0. The van der Waals surface area contributed by atoms with Crippen LogP contribution in [-0.2, 0) is 17.8 Å². The van der Waals surface area contributed by atoms with E-state index >= 15 is 0 Å². The maximum absolute atomic E-state index is 13.4. The summed E-state index contributed by atoms with van der Waals surface area (Å²) < 4.78 is 0. The highest BCUT2D eigenvalue weighted by atomic mass is 16.2. The highest BCUT2D eigenvalue weighted by Gasteiger charge is 2.59. The van der Waals surface area contributed by atoms with Crippen molar-refractivity contribution in [1.82, 2.24) is 15.2 Å². The maximum Gasteiger partial charge on any atom is 0.228 e. The molecule has 4 heteroatoms. The summed E-state index contributed by atoms with van der Waals surface area (Å²) in [4.78, 5) is 20.2. The van der Waals surface area contributed by atoms with Crippen molar-refractivity contribution < 1.29 is 4.79 Å². The molecule has 1 N–H and O–H groups in total. The topological polar surface area (TPSA) is 45.2 Å². The van der Waals surface area contributed by atoms with E-state index in [1.54, 1.807) is 0 Å². The van der Waals surface area contributed by atoms with Crippen molar-refractivity contribution in [2.75, 3.05) is 6.54 Å². The van der Waals surface area contributed by atoms with E-state index in [2.05, 4.69) is 52.5 Å². The van der Waals surface area contributed by atoms with Gasteiger partial charge in [-0.05, 0) is 49.3 Å². The summed E-state index contributed by atoms with van der Waals surface area (Å²) >= 11 is 0. The highest BCUT2D eigenvalue weighted by Crippen LogP contribution is 2.52. The Morgan fingerprint density at radius 2 is 2.00 bits per heavy atom. The van der Waals surface area contributed by atoms with Crippen molar-refractivity contribution in [2.45, 2.75) is 57.7 Å². The zero-order valence-corrected chi connectivity index (χ0v) is 16.1. The molecule has 4 nitrogen and oxygen atoms in total. The molecule has 0 aliphatic carbocycles. The van der Waals surface area contributed by atoms with Gasteiger partial charge in [-0.3, -0.25) is 14.7 Å². The van der Waals surface area contributed by atoms with Gasteiger partial charge >= 0.3 is 0 Å². The minimum absolute atomic E-state index is 0.247. The van der Waals surface area contributed by atoms with Crippen LogP contribution in [0.2, 0.25) is 0 Å². The molecule has 0 spiro atoms. The number of carbonyl (C=O) groups is 1. The first-order chi connectivity index (χ1) is 13.2. The number of nitrogens with zero attached hydrogens (tertiary/aromatic N) is 2. The number of benzene rings is 1. The molecule has 142 valence electrons. The Morgan fingerprint density at radius 1 is 1.19 bits per heavy atom. The Balaban J connectivity index is 1.62. The van der Waals surface area contributed by atoms with Gasteiger partial charge < -0.3 is 5.32 Å². The van der Waals surface area contributed by atoms with Crippen molar-refractivity contribution in [2.24, 2.45) is 5.41 Å². The zero-order chi connectivity index (χ0) is 18.7. The van der Waals surface area contributed by atoms with Crippen molar-refractivity contribution >= 4 is 5.91 Å². The fourth-order valence-electron chi connectivity index (χ4n) is 5.14. The van der Waals surface area contributed by atoms with Crippen LogP contribution in [0.4, 0.5) is 0 Å². The number of fused-ring (bicyclic) bond motifs is 2. The largest absolute Gasteiger partial charge is 0.356 e. The first kappa shape index (κ1) is 18.2. The van der Waals surface area contributed by atoms with E-state index in [-0.39, 0.29) is 11.3 Å². The highest BCUT2D eigenvalue weighted by molar-refractivity contribution is 5.84. The third kappa shape index (κ3) is 3.51. The van der Waals surface area contributed by atoms with Crippen LogP contribution in [0.25, 0.3) is 0 Å². The van der Waals surface area contributed by atoms with Crippen LogP contribution < -0.4 is 5.32 Å². The molecule has 1 amide bonds. The molecule has 2 saturated heterocycles. The van der Waals surface area contributed by atoms with E-state index in [1.165, 1.54) is 17.5 Å². The van der Waals surface area contributed by atoms with Gasteiger partial charge in [0, 0.05) is 37.6 Å². The second-order valence-electron chi connectivity index (χ2n) is 8.06. The summed E-state index contributed by atoms with van der Waals surface area (Å²) in [6.45, 7) is 3.76. The lowest BCUT2D eigenvalue weighted by Crippen LogP contribution is -2.50. The van der Waals surface area contributed by atoms with Gasteiger partial charge in [-0.2, -0.15) is 0 Å². The van der Waals surface area contributed by atoms with E-state index in [9.17, 15) is 4.79 Å². The standard InChI is InChI=1S/C23H29N3O/c1-2-12-25-22(27)23(14-18-7-4-3-5-8-18)15-20-10-11-21(23)26(20)17-19-9-6-13-24-16-19/h3-9,13,16,20-21H,2,10-12,14-15,17H2,1H3,(H,25,27)/t20-,21+,23+/m0/s1. The molecule has 0 unspecified atom stereocenters. The van der Waals surface area contributed by atoms with Gasteiger partial charge in [-0.15, -0.1) is 0 Å². The Morgan fingerprint density at radius 3 is 2.74 bits per heavy atom. The number of aromatic nitrogens is 1. The molecule has 27 heavy (non-hydrogen) atoms. The monoisotopic (exact) mass is 363 g/mol. The van der Waals surface area contributed by atoms with Gasteiger partial charge in [0.2, 0.25) is 5.91 Å². The Labute approximate surface area is 162 Å². The van der Waals surface area contributed by atoms with Crippen LogP contribution in [0.1, 0.15) is 43.7 Å². The van der Waals surface area contributed by atoms with Crippen LogP contribution in [0, 0.1) is 5.41 Å². The van der Waals surface area contributed by atoms with Crippen LogP contribution in [-0.4, -0.2) is 34.4 Å². The van der Waals surface area contributed by atoms with E-state index in [0.717, 1.165) is 38.8 Å². The molecule has 4 rings (SSSR count). The second kappa shape index (κ2) is 7.81. The molecule has 0 saturated carbocycles. The Bertz CT molecular complexity index is 764. The van der Waals surface area contributed by atoms with Crippen molar-refractivity contribution in [1.29, 1.82) is 0 Å². The smallest absolute Gasteiger partial charge is 0.228 e. The molecular formula is C23H29N3O. The first-order valence-electron chi connectivity index (χ1n) is 10.2. The van der Waals surface area contributed by atoms with Crippen molar-refractivity contribution in [3.63, 3.8) is 0 Å². The first-order valence-corrected chi connectivity index (χ1v) is 10.2. The number of hydrogen-bond acceptors (Lipinski definition) is 3. The van der Waals surface area contributed by atoms with Gasteiger partial charge in [0.05, 0.1) is 5.41 Å². The molecule has 2 aliphatic rings. The van der Waals surface area contributed by atoms with Gasteiger partial charge in [0.1, 0.15) is 0 Å². The van der Waals surface area contributed by atoms with Crippen LogP contribution >= 0.6 is 0 Å². The summed E-state index contributed by atoms with van der Waals surface area (Å²) in [5.74, 6) is 0.247. The van der Waals surface area contributed by atoms with E-state index in [0.29, 0.717) is 12.1 Å². The normalized spacial score (nSPS) is 27.0. The third-order valence-electron chi connectivity index (χ3n) is 6.32. The fraction of sp³-hybridized carbons (Fsp3) is 0.478. The number of carbonyl (C=O) groups excluding carboxylic acids is 1. The molecule has 3 heterocycles. The Hall–Kier alpha value is -2.20. The molecule has 2 bridgehead atoms. The number of amides is 1. The third-order valence-corrected chi connectivity index (χ3v) is 6.32. The molecule has 1 aromatic carbocycles.